The maximum Gasteiger partial charge on any atom is 0.137 e. The van der Waals surface area contributed by atoms with Crippen LogP contribution in [0.1, 0.15) is 59.2 Å². The smallest absolute Gasteiger partial charge is 0.137 e. The lowest BCUT2D eigenvalue weighted by molar-refractivity contribution is 0.539. The standard InChI is InChI=1S/C15H24ClN3/c1-11-8-6-5-7-9-19(11)13-10-12(16)17-14(18-13)15(2,3)4/h10-11H,5-9H2,1-4H3. The third kappa shape index (κ3) is 3.59. The summed E-state index contributed by atoms with van der Waals surface area (Å²) in [7, 11) is 0. The van der Waals surface area contributed by atoms with Gasteiger partial charge in [0.05, 0.1) is 0 Å². The van der Waals surface area contributed by atoms with E-state index < -0.39 is 0 Å². The molecule has 0 N–H and O–H groups in total. The Morgan fingerprint density at radius 1 is 1.21 bits per heavy atom. The Morgan fingerprint density at radius 2 is 1.95 bits per heavy atom. The summed E-state index contributed by atoms with van der Waals surface area (Å²) in [5.41, 5.74) is -0.0747. The van der Waals surface area contributed by atoms with E-state index >= 15 is 0 Å². The van der Waals surface area contributed by atoms with Crippen molar-refractivity contribution in [2.24, 2.45) is 0 Å². The molecule has 3 nitrogen and oxygen atoms in total. The summed E-state index contributed by atoms with van der Waals surface area (Å²) in [6.45, 7) is 9.70. The van der Waals surface area contributed by atoms with Gasteiger partial charge in [0, 0.05) is 24.1 Å². The maximum absolute atomic E-state index is 6.19. The highest BCUT2D eigenvalue weighted by Gasteiger charge is 2.23. The van der Waals surface area contributed by atoms with E-state index in [-0.39, 0.29) is 5.41 Å². The molecule has 2 heterocycles. The Kier molecular flexibility index (Phi) is 4.34. The molecular weight excluding hydrogens is 258 g/mol. The number of anilines is 1. The predicted molar refractivity (Wildman–Crippen MR) is 81.0 cm³/mol. The average molecular weight is 282 g/mol. The fraction of sp³-hybridized carbons (Fsp3) is 0.733. The summed E-state index contributed by atoms with van der Waals surface area (Å²) in [5.74, 6) is 1.81. The zero-order valence-electron chi connectivity index (χ0n) is 12.4. The molecule has 1 aromatic heterocycles. The third-order valence-electron chi connectivity index (χ3n) is 3.70. The van der Waals surface area contributed by atoms with Gasteiger partial charge in [0.2, 0.25) is 0 Å². The molecule has 1 atom stereocenters. The first-order valence-electron chi connectivity index (χ1n) is 7.19. The molecule has 0 radical (unpaired) electrons. The Hall–Kier alpha value is -0.830. The van der Waals surface area contributed by atoms with Crippen LogP contribution in [-0.4, -0.2) is 22.6 Å². The van der Waals surface area contributed by atoms with Gasteiger partial charge in [0.25, 0.3) is 0 Å². The first kappa shape index (κ1) is 14.6. The lowest BCUT2D eigenvalue weighted by atomic mass is 9.96. The van der Waals surface area contributed by atoms with Crippen LogP contribution in [0.2, 0.25) is 5.15 Å². The first-order valence-corrected chi connectivity index (χ1v) is 7.57. The van der Waals surface area contributed by atoms with Gasteiger partial charge in [0.1, 0.15) is 16.8 Å². The second kappa shape index (κ2) is 5.66. The minimum Gasteiger partial charge on any atom is -0.354 e. The van der Waals surface area contributed by atoms with Gasteiger partial charge in [-0.15, -0.1) is 0 Å². The molecule has 0 aliphatic carbocycles. The van der Waals surface area contributed by atoms with Gasteiger partial charge < -0.3 is 4.90 Å². The van der Waals surface area contributed by atoms with Crippen LogP contribution in [0, 0.1) is 0 Å². The predicted octanol–water partition coefficient (Wildman–Crippen LogP) is 4.20. The van der Waals surface area contributed by atoms with Gasteiger partial charge in [-0.2, -0.15) is 0 Å². The minimum atomic E-state index is -0.0747. The fourth-order valence-corrected chi connectivity index (χ4v) is 2.68. The largest absolute Gasteiger partial charge is 0.354 e. The highest BCUT2D eigenvalue weighted by atomic mass is 35.5. The molecule has 0 saturated carbocycles. The van der Waals surface area contributed by atoms with Gasteiger partial charge in [0.15, 0.2) is 0 Å². The van der Waals surface area contributed by atoms with Crippen molar-refractivity contribution >= 4 is 17.4 Å². The molecular formula is C15H24ClN3. The van der Waals surface area contributed by atoms with Crippen molar-refractivity contribution in [1.29, 1.82) is 0 Å². The number of halogens is 1. The van der Waals surface area contributed by atoms with Crippen LogP contribution in [0.5, 0.6) is 0 Å². The van der Waals surface area contributed by atoms with Crippen molar-refractivity contribution in [3.05, 3.63) is 17.0 Å². The van der Waals surface area contributed by atoms with E-state index in [1.807, 2.05) is 6.07 Å². The number of nitrogens with zero attached hydrogens (tertiary/aromatic N) is 3. The number of rotatable bonds is 1. The minimum absolute atomic E-state index is 0.0747. The molecule has 2 rings (SSSR count). The lowest BCUT2D eigenvalue weighted by Gasteiger charge is -2.29. The van der Waals surface area contributed by atoms with Gasteiger partial charge in [-0.25, -0.2) is 9.97 Å². The van der Waals surface area contributed by atoms with E-state index in [4.69, 9.17) is 16.6 Å². The lowest BCUT2D eigenvalue weighted by Crippen LogP contribution is -2.34. The second-order valence-corrected chi connectivity index (χ2v) is 6.90. The first-order chi connectivity index (χ1) is 8.88. The third-order valence-corrected chi connectivity index (χ3v) is 3.89. The molecule has 1 fully saturated rings. The van der Waals surface area contributed by atoms with Crippen LogP contribution >= 0.6 is 11.6 Å². The van der Waals surface area contributed by atoms with Crippen LogP contribution in [0.3, 0.4) is 0 Å². The summed E-state index contributed by atoms with van der Waals surface area (Å²) in [6, 6.07) is 2.43. The molecule has 0 amide bonds. The molecule has 0 aromatic carbocycles. The molecule has 0 bridgehead atoms. The quantitative estimate of drug-likeness (QED) is 0.723. The Labute approximate surface area is 121 Å². The Morgan fingerprint density at radius 3 is 2.63 bits per heavy atom. The molecule has 19 heavy (non-hydrogen) atoms. The van der Waals surface area contributed by atoms with Gasteiger partial charge >= 0.3 is 0 Å². The molecule has 0 spiro atoms. The highest BCUT2D eigenvalue weighted by Crippen LogP contribution is 2.27. The SMILES string of the molecule is CC1CCCCCN1c1cc(Cl)nc(C(C)(C)C)n1. The molecule has 106 valence electrons. The van der Waals surface area contributed by atoms with Crippen LogP contribution in [0.4, 0.5) is 5.82 Å². The van der Waals surface area contributed by atoms with E-state index in [0.29, 0.717) is 11.2 Å². The topological polar surface area (TPSA) is 29.0 Å². The second-order valence-electron chi connectivity index (χ2n) is 6.51. The molecule has 1 aromatic rings. The summed E-state index contributed by atoms with van der Waals surface area (Å²) >= 11 is 6.19. The molecule has 1 aliphatic rings. The molecule has 4 heteroatoms. The number of hydrogen-bond donors (Lipinski definition) is 0. The zero-order valence-corrected chi connectivity index (χ0v) is 13.2. The number of aromatic nitrogens is 2. The molecule has 1 aliphatic heterocycles. The van der Waals surface area contributed by atoms with Crippen LogP contribution in [0.15, 0.2) is 6.07 Å². The van der Waals surface area contributed by atoms with Gasteiger partial charge in [-0.1, -0.05) is 45.2 Å². The van der Waals surface area contributed by atoms with Crippen molar-refractivity contribution in [1.82, 2.24) is 9.97 Å². The van der Waals surface area contributed by atoms with Crippen molar-refractivity contribution in [2.75, 3.05) is 11.4 Å². The van der Waals surface area contributed by atoms with Crippen LogP contribution in [-0.2, 0) is 5.41 Å². The van der Waals surface area contributed by atoms with Crippen molar-refractivity contribution in [3.63, 3.8) is 0 Å². The monoisotopic (exact) mass is 281 g/mol. The summed E-state index contributed by atoms with van der Waals surface area (Å²) in [4.78, 5) is 11.5. The summed E-state index contributed by atoms with van der Waals surface area (Å²) in [6.07, 6.45) is 5.08. The molecule has 1 unspecified atom stereocenters. The Bertz CT molecular complexity index is 440. The highest BCUT2D eigenvalue weighted by molar-refractivity contribution is 6.29. The maximum atomic E-state index is 6.19. The normalized spacial score (nSPS) is 21.3. The van der Waals surface area contributed by atoms with Gasteiger partial charge in [-0.05, 0) is 19.8 Å². The van der Waals surface area contributed by atoms with Crippen LogP contribution in [0.25, 0.3) is 0 Å². The van der Waals surface area contributed by atoms with Crippen molar-refractivity contribution in [2.45, 2.75) is 64.8 Å². The van der Waals surface area contributed by atoms with Crippen molar-refractivity contribution < 1.29 is 0 Å². The van der Waals surface area contributed by atoms with E-state index in [2.05, 4.69) is 37.6 Å². The number of hydrogen-bond acceptors (Lipinski definition) is 3. The summed E-state index contributed by atoms with van der Waals surface area (Å²) < 4.78 is 0. The van der Waals surface area contributed by atoms with E-state index in [9.17, 15) is 0 Å². The van der Waals surface area contributed by atoms with E-state index in [1.54, 1.807) is 0 Å². The van der Waals surface area contributed by atoms with E-state index in [1.165, 1.54) is 25.7 Å². The fourth-order valence-electron chi connectivity index (χ4n) is 2.50. The van der Waals surface area contributed by atoms with Crippen molar-refractivity contribution in [3.8, 4) is 0 Å². The molecule has 1 saturated heterocycles. The summed E-state index contributed by atoms with van der Waals surface area (Å²) in [5, 5.41) is 0.548. The Balaban J connectivity index is 2.35. The van der Waals surface area contributed by atoms with E-state index in [0.717, 1.165) is 18.2 Å². The van der Waals surface area contributed by atoms with Crippen LogP contribution < -0.4 is 4.90 Å². The zero-order chi connectivity index (χ0) is 14.0. The van der Waals surface area contributed by atoms with Gasteiger partial charge in [-0.3, -0.25) is 0 Å². The average Bonchev–Trinajstić information content (AvgIpc) is 2.52.